The summed E-state index contributed by atoms with van der Waals surface area (Å²) in [6, 6.07) is 14.4. The highest BCUT2D eigenvalue weighted by molar-refractivity contribution is 7.45. The molecule has 2 aliphatic heterocycles. The molecule has 0 aliphatic carbocycles. The minimum atomic E-state index is -0.306. The van der Waals surface area contributed by atoms with Crippen molar-refractivity contribution in [2.45, 2.75) is 25.7 Å². The molecule has 0 bridgehead atoms. The summed E-state index contributed by atoms with van der Waals surface area (Å²) >= 11 is 0. The lowest BCUT2D eigenvalue weighted by Crippen LogP contribution is -2.45. The summed E-state index contributed by atoms with van der Waals surface area (Å²) in [5.74, 6) is 1.16. The predicted molar refractivity (Wildman–Crippen MR) is 128 cm³/mol. The third-order valence-corrected chi connectivity index (χ3v) is 7.36. The van der Waals surface area contributed by atoms with Crippen LogP contribution < -0.4 is 5.30 Å². The highest BCUT2D eigenvalue weighted by Crippen LogP contribution is 2.32. The fourth-order valence-corrected chi connectivity index (χ4v) is 4.95. The first kappa shape index (κ1) is 21.8. The van der Waals surface area contributed by atoms with Crippen molar-refractivity contribution in [2.24, 2.45) is 11.8 Å². The van der Waals surface area contributed by atoms with Crippen molar-refractivity contribution >= 4 is 31.4 Å². The minimum Gasteiger partial charge on any atom is -0.371 e. The lowest BCUT2D eigenvalue weighted by molar-refractivity contribution is 0.0676. The van der Waals surface area contributed by atoms with Gasteiger partial charge in [-0.25, -0.2) is 4.39 Å². The van der Waals surface area contributed by atoms with Gasteiger partial charge in [0.15, 0.2) is 0 Å². The lowest BCUT2D eigenvalue weighted by Gasteiger charge is -2.43. The van der Waals surface area contributed by atoms with Gasteiger partial charge >= 0.3 is 0 Å². The number of piperidine rings is 1. The second-order valence-electron chi connectivity index (χ2n) is 8.74. The average Bonchev–Trinajstić information content (AvgIpc) is 2.78. The Morgan fingerprint density at radius 1 is 0.903 bits per heavy atom. The molecule has 31 heavy (non-hydrogen) atoms. The summed E-state index contributed by atoms with van der Waals surface area (Å²) in [5, 5.41) is 1.23. The maximum Gasteiger partial charge on any atom is 0.253 e. The second kappa shape index (κ2) is 9.78. The van der Waals surface area contributed by atoms with Gasteiger partial charge in [0.05, 0.1) is 0 Å². The average molecular weight is 437 g/mol. The summed E-state index contributed by atoms with van der Waals surface area (Å²) in [7, 11) is 1.05. The summed E-state index contributed by atoms with van der Waals surface area (Å²) < 4.78 is 13.1. The van der Waals surface area contributed by atoms with Crippen LogP contribution in [-0.4, -0.2) is 48.2 Å². The smallest absolute Gasteiger partial charge is 0.253 e. The molecule has 2 aromatic rings. The topological polar surface area (TPSA) is 23.6 Å². The predicted octanol–water partition coefficient (Wildman–Crippen LogP) is 5.06. The number of carbonyl (C=O) groups excluding carboxylic acids is 1. The quantitative estimate of drug-likeness (QED) is 0.566. The molecule has 4 rings (SSSR count). The molecular formula is C26H30FN2OP. The Bertz CT molecular complexity index is 927. The van der Waals surface area contributed by atoms with E-state index < -0.39 is 0 Å². The van der Waals surface area contributed by atoms with Crippen LogP contribution >= 0.6 is 8.20 Å². The molecule has 3 nitrogen and oxygen atoms in total. The number of halogens is 1. The van der Waals surface area contributed by atoms with Gasteiger partial charge in [0, 0.05) is 42.7 Å². The molecular weight excluding hydrogens is 406 g/mol. The Labute approximate surface area is 186 Å². The molecule has 0 aromatic heterocycles. The highest BCUT2D eigenvalue weighted by Gasteiger charge is 2.30. The first-order valence-corrected chi connectivity index (χ1v) is 12.2. The molecule has 2 fully saturated rings. The number of hydrogen-bond acceptors (Lipinski definition) is 2. The molecule has 5 heteroatoms. The highest BCUT2D eigenvalue weighted by atomic mass is 31.1. The van der Waals surface area contributed by atoms with Crippen LogP contribution in [0.5, 0.6) is 0 Å². The first-order valence-electron chi connectivity index (χ1n) is 11.1. The molecule has 2 aromatic carbocycles. The van der Waals surface area contributed by atoms with Crippen LogP contribution in [-0.2, 0) is 0 Å². The second-order valence-corrected chi connectivity index (χ2v) is 9.58. The van der Waals surface area contributed by atoms with Gasteiger partial charge in [-0.15, -0.1) is 0 Å². The van der Waals surface area contributed by atoms with Crippen LogP contribution in [0, 0.1) is 17.7 Å². The molecule has 0 N–H and O–H groups in total. The Morgan fingerprint density at radius 3 is 2.10 bits per heavy atom. The van der Waals surface area contributed by atoms with Crippen molar-refractivity contribution in [2.75, 3.05) is 26.2 Å². The first-order chi connectivity index (χ1) is 15.0. The molecule has 162 valence electrons. The van der Waals surface area contributed by atoms with E-state index in [1.165, 1.54) is 35.8 Å². The summed E-state index contributed by atoms with van der Waals surface area (Å²) in [6.07, 6.45) is 8.51. The zero-order valence-corrected chi connectivity index (χ0v) is 18.9. The van der Waals surface area contributed by atoms with Gasteiger partial charge in [0.1, 0.15) is 5.82 Å². The van der Waals surface area contributed by atoms with E-state index in [9.17, 15) is 9.18 Å². The molecule has 0 atom stereocenters. The Hall–Kier alpha value is -2.45. The van der Waals surface area contributed by atoms with E-state index in [0.717, 1.165) is 58.8 Å². The standard InChI is InChI=1S/C26H30FN2OP/c1-19(22-7-11-25(31-2)12-8-22)29-17-21(18-29)4-3-20-13-15-28(16-14-20)26(30)23-5-9-24(27)10-6-23/h5-12,20-21H,1-4,13-18H2. The summed E-state index contributed by atoms with van der Waals surface area (Å²) in [6.45, 7) is 8.08. The Kier molecular flexibility index (Phi) is 6.87. The van der Waals surface area contributed by atoms with Crippen molar-refractivity contribution in [3.63, 3.8) is 0 Å². The number of hydrogen-bond donors (Lipinski definition) is 0. The molecule has 2 aliphatic rings. The molecule has 2 heterocycles. The number of likely N-dealkylation sites (tertiary alicyclic amines) is 2. The van der Waals surface area contributed by atoms with Gasteiger partial charge in [0.2, 0.25) is 0 Å². The number of rotatable bonds is 7. The van der Waals surface area contributed by atoms with Gasteiger partial charge < -0.3 is 9.80 Å². The van der Waals surface area contributed by atoms with Crippen molar-refractivity contribution in [1.29, 1.82) is 0 Å². The van der Waals surface area contributed by atoms with Crippen molar-refractivity contribution in [3.05, 3.63) is 72.1 Å². The van der Waals surface area contributed by atoms with E-state index in [2.05, 4.69) is 42.0 Å². The Balaban J connectivity index is 1.16. The van der Waals surface area contributed by atoms with Crippen LogP contribution in [0.4, 0.5) is 4.39 Å². The minimum absolute atomic E-state index is 0.0226. The van der Waals surface area contributed by atoms with E-state index in [0.29, 0.717) is 11.5 Å². The number of carbonyl (C=O) groups is 1. The van der Waals surface area contributed by atoms with Gasteiger partial charge in [0.25, 0.3) is 5.91 Å². The summed E-state index contributed by atoms with van der Waals surface area (Å²) in [4.78, 5) is 16.9. The maximum absolute atomic E-state index is 13.1. The van der Waals surface area contributed by atoms with Gasteiger partial charge in [-0.2, -0.15) is 0 Å². The summed E-state index contributed by atoms with van der Waals surface area (Å²) in [5.41, 5.74) is 2.90. The van der Waals surface area contributed by atoms with Crippen molar-refractivity contribution in [3.8, 4) is 0 Å². The van der Waals surface area contributed by atoms with E-state index >= 15 is 0 Å². The SMILES string of the molecule is C=Pc1ccc(C(=C)N2CC(CCC3CCN(C(=O)c4ccc(F)cc4)CC3)C2)cc1. The number of benzene rings is 2. The molecule has 1 amide bonds. The van der Waals surface area contributed by atoms with E-state index in [1.54, 1.807) is 12.1 Å². The molecule has 2 saturated heterocycles. The zero-order chi connectivity index (χ0) is 21.8. The van der Waals surface area contributed by atoms with Crippen LogP contribution in [0.2, 0.25) is 0 Å². The van der Waals surface area contributed by atoms with Gasteiger partial charge in [-0.1, -0.05) is 33.2 Å². The lowest BCUT2D eigenvalue weighted by atomic mass is 9.85. The van der Waals surface area contributed by atoms with Crippen LogP contribution in [0.15, 0.2) is 55.1 Å². The van der Waals surface area contributed by atoms with E-state index in [-0.39, 0.29) is 11.7 Å². The van der Waals surface area contributed by atoms with Crippen molar-refractivity contribution in [1.82, 2.24) is 9.80 Å². The molecule has 0 radical (unpaired) electrons. The zero-order valence-electron chi connectivity index (χ0n) is 18.0. The maximum atomic E-state index is 13.1. The number of amides is 1. The van der Waals surface area contributed by atoms with E-state index in [1.807, 2.05) is 4.90 Å². The van der Waals surface area contributed by atoms with Gasteiger partial charge in [-0.3, -0.25) is 4.79 Å². The molecule has 0 saturated carbocycles. The Morgan fingerprint density at radius 2 is 1.48 bits per heavy atom. The molecule has 0 unspecified atom stereocenters. The van der Waals surface area contributed by atoms with Crippen molar-refractivity contribution < 1.29 is 9.18 Å². The van der Waals surface area contributed by atoms with Crippen LogP contribution in [0.3, 0.4) is 0 Å². The van der Waals surface area contributed by atoms with Crippen LogP contribution in [0.1, 0.15) is 41.6 Å². The number of nitrogens with zero attached hydrogens (tertiary/aromatic N) is 2. The largest absolute Gasteiger partial charge is 0.371 e. The third-order valence-electron chi connectivity index (χ3n) is 6.70. The molecule has 0 spiro atoms. The fraction of sp³-hybridized carbons (Fsp3) is 0.385. The fourth-order valence-electron chi connectivity index (χ4n) is 4.59. The van der Waals surface area contributed by atoms with Crippen LogP contribution in [0.25, 0.3) is 5.70 Å². The van der Waals surface area contributed by atoms with E-state index in [4.69, 9.17) is 0 Å². The third kappa shape index (κ3) is 5.25. The monoisotopic (exact) mass is 436 g/mol. The normalized spacial score (nSPS) is 17.6. The van der Waals surface area contributed by atoms with Gasteiger partial charge in [-0.05, 0) is 79.5 Å².